The Morgan fingerprint density at radius 3 is 2.50 bits per heavy atom. The summed E-state index contributed by atoms with van der Waals surface area (Å²) in [6, 6.07) is 9.35. The Morgan fingerprint density at radius 2 is 1.88 bits per heavy atom. The number of halogens is 3. The first kappa shape index (κ1) is 23.7. The summed E-state index contributed by atoms with van der Waals surface area (Å²) in [4.78, 5) is 1.21. The van der Waals surface area contributed by atoms with E-state index in [1.807, 2.05) is 29.8 Å². The van der Waals surface area contributed by atoms with Crippen molar-refractivity contribution >= 4 is 26.7 Å². The van der Waals surface area contributed by atoms with Crippen LogP contribution in [0, 0.1) is 0 Å². The van der Waals surface area contributed by atoms with Crippen molar-refractivity contribution in [1.29, 1.82) is 0 Å². The number of furan rings is 1. The maximum Gasteiger partial charge on any atom is 0.573 e. The third-order valence-electron chi connectivity index (χ3n) is 4.31. The minimum Gasteiger partial charge on any atom is -0.492 e. The van der Waals surface area contributed by atoms with Gasteiger partial charge in [-0.05, 0) is 37.3 Å². The van der Waals surface area contributed by atoms with E-state index in [2.05, 4.69) is 4.74 Å². The molecule has 0 amide bonds. The number of fused-ring (bicyclic) bond motifs is 1. The summed E-state index contributed by atoms with van der Waals surface area (Å²) in [6.07, 6.45) is -6.82. The van der Waals surface area contributed by atoms with Gasteiger partial charge < -0.3 is 23.9 Å². The Hall–Kier alpha value is -2.96. The lowest BCUT2D eigenvalue weighted by atomic mass is 10.2. The molecule has 0 saturated carbocycles. The van der Waals surface area contributed by atoms with Crippen molar-refractivity contribution in [3.05, 3.63) is 48.2 Å². The van der Waals surface area contributed by atoms with Crippen LogP contribution in [0.1, 0.15) is 18.9 Å². The molecule has 2 aromatic carbocycles. The normalized spacial score (nSPS) is 13.2. The van der Waals surface area contributed by atoms with Crippen LogP contribution < -0.4 is 19.1 Å². The Balaban J connectivity index is 1.92. The van der Waals surface area contributed by atoms with E-state index in [0.29, 0.717) is 17.0 Å². The second kappa shape index (κ2) is 8.88. The Morgan fingerprint density at radius 1 is 1.16 bits per heavy atom. The molecule has 3 aromatic rings. The zero-order chi connectivity index (χ0) is 23.7. The van der Waals surface area contributed by atoms with Gasteiger partial charge in [-0.3, -0.25) is 0 Å². The molecule has 0 aliphatic carbocycles. The van der Waals surface area contributed by atoms with Crippen LogP contribution in [-0.4, -0.2) is 40.6 Å². The van der Waals surface area contributed by atoms with Gasteiger partial charge >= 0.3 is 6.36 Å². The van der Waals surface area contributed by atoms with Gasteiger partial charge in [0.25, 0.3) is 0 Å². The lowest BCUT2D eigenvalue weighted by Gasteiger charge is -2.16. The van der Waals surface area contributed by atoms with E-state index >= 15 is 0 Å². The molecule has 0 bridgehead atoms. The minimum absolute atomic E-state index is 0.0579. The molecule has 0 spiro atoms. The zero-order valence-corrected chi connectivity index (χ0v) is 18.1. The van der Waals surface area contributed by atoms with Crippen molar-refractivity contribution in [3.8, 4) is 11.5 Å². The summed E-state index contributed by atoms with van der Waals surface area (Å²) in [5, 5.41) is 11.1. The van der Waals surface area contributed by atoms with E-state index in [4.69, 9.17) is 9.15 Å². The average Bonchev–Trinajstić information content (AvgIpc) is 3.11. The number of nitrogens with one attached hydrogen (secondary N) is 1. The summed E-state index contributed by atoms with van der Waals surface area (Å²) in [7, 11) is -0.870. The molecule has 0 radical (unpaired) electrons. The second-order valence-electron chi connectivity index (χ2n) is 6.88. The number of hydrogen-bond donors (Lipinski definition) is 2. The molecule has 0 aliphatic heterocycles. The molecule has 2 N–H and O–H groups in total. The molecule has 0 fully saturated rings. The fourth-order valence-electron chi connectivity index (χ4n) is 2.89. The van der Waals surface area contributed by atoms with E-state index in [1.54, 1.807) is 19.1 Å². The highest BCUT2D eigenvalue weighted by Gasteiger charge is 2.33. The van der Waals surface area contributed by atoms with Gasteiger partial charge in [-0.2, -0.15) is 4.72 Å². The molecule has 32 heavy (non-hydrogen) atoms. The van der Waals surface area contributed by atoms with Gasteiger partial charge in [-0.15, -0.1) is 13.2 Å². The van der Waals surface area contributed by atoms with E-state index < -0.39 is 33.3 Å². The number of aliphatic hydroxyl groups is 1. The number of rotatable bonds is 8. The zero-order valence-electron chi connectivity index (χ0n) is 17.3. The molecular weight excluding hydrogens is 453 g/mol. The number of hydrogen-bond acceptors (Lipinski definition) is 7. The first-order valence-electron chi connectivity index (χ1n) is 9.33. The van der Waals surface area contributed by atoms with Crippen LogP contribution in [0.15, 0.2) is 51.8 Å². The summed E-state index contributed by atoms with van der Waals surface area (Å²) < 4.78 is 79.9. The molecular formula is C20H21F3N2O6S. The average molecular weight is 474 g/mol. The molecule has 0 saturated heterocycles. The van der Waals surface area contributed by atoms with Crippen LogP contribution in [0.4, 0.5) is 18.9 Å². The van der Waals surface area contributed by atoms with Crippen LogP contribution in [0.25, 0.3) is 11.0 Å². The fourth-order valence-corrected chi connectivity index (χ4v) is 4.09. The first-order valence-corrected chi connectivity index (χ1v) is 10.8. The number of aliphatic hydroxyl groups excluding tert-OH is 1. The lowest BCUT2D eigenvalue weighted by Crippen LogP contribution is -2.29. The van der Waals surface area contributed by atoms with E-state index in [1.165, 1.54) is 6.07 Å². The topological polar surface area (TPSA) is 101 Å². The van der Waals surface area contributed by atoms with Gasteiger partial charge in [0.05, 0.1) is 6.61 Å². The molecule has 3 rings (SSSR count). The smallest absolute Gasteiger partial charge is 0.492 e. The monoisotopic (exact) mass is 474 g/mol. The fraction of sp³-hybridized carbons (Fsp3) is 0.300. The van der Waals surface area contributed by atoms with Crippen molar-refractivity contribution < 1.29 is 40.6 Å². The summed E-state index contributed by atoms with van der Waals surface area (Å²) >= 11 is 0. The minimum atomic E-state index is -5.01. The maximum absolute atomic E-state index is 12.9. The SMILES string of the molecule is CCOc1ccc(OC(F)(F)F)cc1S(=O)(=O)NC(O)c1cc2ccc(N(C)C)cc2o1. The molecule has 1 aromatic heterocycles. The predicted octanol–water partition coefficient (Wildman–Crippen LogP) is 3.77. The van der Waals surface area contributed by atoms with Crippen LogP contribution >= 0.6 is 0 Å². The largest absolute Gasteiger partial charge is 0.573 e. The van der Waals surface area contributed by atoms with Crippen molar-refractivity contribution in [2.45, 2.75) is 24.4 Å². The molecule has 1 unspecified atom stereocenters. The van der Waals surface area contributed by atoms with Gasteiger partial charge in [0.1, 0.15) is 27.7 Å². The molecule has 12 heteroatoms. The highest BCUT2D eigenvalue weighted by Crippen LogP contribution is 2.33. The van der Waals surface area contributed by atoms with E-state index in [-0.39, 0.29) is 18.1 Å². The summed E-state index contributed by atoms with van der Waals surface area (Å²) in [5.41, 5.74) is 1.25. The second-order valence-corrected chi connectivity index (χ2v) is 8.56. The van der Waals surface area contributed by atoms with Crippen molar-refractivity contribution in [2.75, 3.05) is 25.6 Å². The van der Waals surface area contributed by atoms with Crippen LogP contribution in [0.2, 0.25) is 0 Å². The third kappa shape index (κ3) is 5.44. The molecule has 8 nitrogen and oxygen atoms in total. The molecule has 174 valence electrons. The van der Waals surface area contributed by atoms with Crippen LogP contribution in [0.3, 0.4) is 0 Å². The highest BCUT2D eigenvalue weighted by atomic mass is 32.2. The Bertz CT molecular complexity index is 1210. The molecule has 1 heterocycles. The Labute approximate surface area is 182 Å². The predicted molar refractivity (Wildman–Crippen MR) is 110 cm³/mol. The van der Waals surface area contributed by atoms with Gasteiger partial charge in [-0.25, -0.2) is 8.42 Å². The molecule has 1 atom stereocenters. The summed E-state index contributed by atoms with van der Waals surface area (Å²) in [5.74, 6) is -1.06. The number of anilines is 1. The van der Waals surface area contributed by atoms with Crippen LogP contribution in [-0.2, 0) is 10.0 Å². The van der Waals surface area contributed by atoms with Gasteiger partial charge in [0.2, 0.25) is 10.0 Å². The number of benzene rings is 2. The highest BCUT2D eigenvalue weighted by molar-refractivity contribution is 7.89. The number of alkyl halides is 3. The van der Waals surface area contributed by atoms with Crippen molar-refractivity contribution in [2.24, 2.45) is 0 Å². The van der Waals surface area contributed by atoms with Crippen molar-refractivity contribution in [3.63, 3.8) is 0 Å². The Kier molecular flexibility index (Phi) is 6.58. The van der Waals surface area contributed by atoms with Gasteiger partial charge in [0, 0.05) is 37.3 Å². The number of sulfonamides is 1. The summed E-state index contributed by atoms with van der Waals surface area (Å²) in [6.45, 7) is 1.64. The quantitative estimate of drug-likeness (QED) is 0.480. The molecule has 0 aliphatic rings. The van der Waals surface area contributed by atoms with Gasteiger partial charge in [0.15, 0.2) is 6.23 Å². The standard InChI is InChI=1S/C20H21F3N2O6S/c1-4-29-15-8-7-14(31-20(21,22)23)11-18(15)32(27,28)24-19(26)17-9-12-5-6-13(25(2)3)10-16(12)30-17/h5-11,19,24,26H,4H2,1-3H3. The van der Waals surface area contributed by atoms with Crippen molar-refractivity contribution in [1.82, 2.24) is 4.72 Å². The lowest BCUT2D eigenvalue weighted by molar-refractivity contribution is -0.274. The number of ether oxygens (including phenoxy) is 2. The van der Waals surface area contributed by atoms with Gasteiger partial charge in [-0.1, -0.05) is 0 Å². The van der Waals surface area contributed by atoms with E-state index in [0.717, 1.165) is 17.8 Å². The van der Waals surface area contributed by atoms with Crippen LogP contribution in [0.5, 0.6) is 11.5 Å². The maximum atomic E-state index is 12.9. The van der Waals surface area contributed by atoms with E-state index in [9.17, 15) is 26.7 Å². The first-order chi connectivity index (χ1) is 14.9. The third-order valence-corrected chi connectivity index (χ3v) is 5.75. The number of nitrogens with zero attached hydrogens (tertiary/aromatic N) is 1.